The summed E-state index contributed by atoms with van der Waals surface area (Å²) in [5.74, 6) is -0.274. The number of H-pyrrole nitrogens is 1. The SMILES string of the molecule is Cc1cc2c(cc1C)[n+]([O-])c1c(=O)[nH]c(=O)nc-1n2CC(O)C(O)C(O)CO. The van der Waals surface area contributed by atoms with Gasteiger partial charge in [-0.3, -0.25) is 9.78 Å². The van der Waals surface area contributed by atoms with Crippen molar-refractivity contribution in [3.05, 3.63) is 49.3 Å². The number of aromatic nitrogens is 4. The zero-order valence-electron chi connectivity index (χ0n) is 15.2. The van der Waals surface area contributed by atoms with Crippen LogP contribution in [0.4, 0.5) is 0 Å². The quantitative estimate of drug-likeness (QED) is 0.180. The molecule has 3 rings (SSSR count). The molecule has 3 atom stereocenters. The fraction of sp³-hybridized carbons (Fsp3) is 0.412. The van der Waals surface area contributed by atoms with E-state index in [2.05, 4.69) is 4.98 Å². The molecule has 150 valence electrons. The fourth-order valence-electron chi connectivity index (χ4n) is 3.05. The largest absolute Gasteiger partial charge is 0.618 e. The molecule has 0 radical (unpaired) electrons. The highest BCUT2D eigenvalue weighted by Crippen LogP contribution is 2.23. The van der Waals surface area contributed by atoms with Crippen molar-refractivity contribution in [2.75, 3.05) is 6.61 Å². The van der Waals surface area contributed by atoms with Crippen LogP contribution in [0.3, 0.4) is 0 Å². The van der Waals surface area contributed by atoms with Crippen LogP contribution in [0.25, 0.3) is 22.6 Å². The summed E-state index contributed by atoms with van der Waals surface area (Å²) in [7, 11) is 0. The minimum absolute atomic E-state index is 0.103. The second-order valence-electron chi connectivity index (χ2n) is 6.68. The van der Waals surface area contributed by atoms with Gasteiger partial charge in [-0.25, -0.2) is 4.79 Å². The van der Waals surface area contributed by atoms with E-state index in [4.69, 9.17) is 5.11 Å². The average molecular weight is 392 g/mol. The summed E-state index contributed by atoms with van der Waals surface area (Å²) in [4.78, 5) is 29.6. The predicted molar refractivity (Wildman–Crippen MR) is 96.8 cm³/mol. The molecule has 0 aliphatic carbocycles. The lowest BCUT2D eigenvalue weighted by Crippen LogP contribution is -2.45. The van der Waals surface area contributed by atoms with E-state index in [1.165, 1.54) is 4.57 Å². The van der Waals surface area contributed by atoms with E-state index in [0.717, 1.165) is 11.1 Å². The van der Waals surface area contributed by atoms with Gasteiger partial charge in [0.05, 0.1) is 13.2 Å². The van der Waals surface area contributed by atoms with Crippen LogP contribution in [-0.4, -0.2) is 59.9 Å². The van der Waals surface area contributed by atoms with Crippen molar-refractivity contribution in [3.63, 3.8) is 0 Å². The summed E-state index contributed by atoms with van der Waals surface area (Å²) >= 11 is 0. The van der Waals surface area contributed by atoms with Gasteiger partial charge >= 0.3 is 16.9 Å². The number of aryl methyl sites for hydroxylation is 2. The maximum atomic E-state index is 12.8. The van der Waals surface area contributed by atoms with Crippen LogP contribution in [0.2, 0.25) is 0 Å². The molecule has 1 aromatic carbocycles. The molecule has 1 aromatic rings. The molecule has 2 aliphatic rings. The Morgan fingerprint density at radius 3 is 2.46 bits per heavy atom. The summed E-state index contributed by atoms with van der Waals surface area (Å²) in [5.41, 5.74) is -0.384. The van der Waals surface area contributed by atoms with Crippen molar-refractivity contribution in [2.45, 2.75) is 38.7 Å². The molecule has 5 N–H and O–H groups in total. The Bertz CT molecular complexity index is 1120. The van der Waals surface area contributed by atoms with Gasteiger partial charge < -0.3 is 30.2 Å². The van der Waals surface area contributed by atoms with Crippen LogP contribution in [0.1, 0.15) is 11.1 Å². The zero-order valence-corrected chi connectivity index (χ0v) is 15.2. The maximum absolute atomic E-state index is 12.8. The van der Waals surface area contributed by atoms with Crippen molar-refractivity contribution in [2.24, 2.45) is 0 Å². The highest BCUT2D eigenvalue weighted by molar-refractivity contribution is 5.77. The Labute approximate surface area is 157 Å². The van der Waals surface area contributed by atoms with E-state index in [1.54, 1.807) is 26.0 Å². The highest BCUT2D eigenvalue weighted by Gasteiger charge is 2.31. The number of fused-ring (bicyclic) bond motifs is 2. The van der Waals surface area contributed by atoms with Gasteiger partial charge in [-0.2, -0.15) is 9.71 Å². The molecule has 0 aromatic heterocycles. The predicted octanol–water partition coefficient (Wildman–Crippen LogP) is -2.49. The first kappa shape index (κ1) is 19.9. The highest BCUT2D eigenvalue weighted by atomic mass is 16.5. The van der Waals surface area contributed by atoms with Crippen molar-refractivity contribution >= 4 is 11.0 Å². The number of aromatic amines is 1. The molecular formula is C17H20N4O7. The molecule has 0 saturated carbocycles. The lowest BCUT2D eigenvalue weighted by atomic mass is 10.1. The van der Waals surface area contributed by atoms with Gasteiger partial charge in [-0.1, -0.05) is 0 Å². The molecule has 0 amide bonds. The molecule has 28 heavy (non-hydrogen) atoms. The average Bonchev–Trinajstić information content (AvgIpc) is 2.64. The molecule has 11 heteroatoms. The number of hydrogen-bond donors (Lipinski definition) is 5. The summed E-state index contributed by atoms with van der Waals surface area (Å²) in [6, 6.07) is 3.19. The van der Waals surface area contributed by atoms with Crippen molar-refractivity contribution in [1.82, 2.24) is 14.5 Å². The second-order valence-corrected chi connectivity index (χ2v) is 6.68. The molecular weight excluding hydrogens is 372 g/mol. The van der Waals surface area contributed by atoms with Crippen molar-refractivity contribution < 1.29 is 25.2 Å². The minimum atomic E-state index is -1.71. The fourth-order valence-corrected chi connectivity index (χ4v) is 3.05. The standard InChI is InChI=1S/C17H20N4O7/c1-7-3-9-10(4-8(7)2)21(28)13-15(18-17(27)19-16(13)26)20(9)5-11(23)14(25)12(24)6-22/h3-4,11-12,14,22-25H,5-6H2,1-2H3,(H,19,26,27). The number of aliphatic hydroxyl groups is 4. The van der Waals surface area contributed by atoms with E-state index in [-0.39, 0.29) is 16.9 Å². The Morgan fingerprint density at radius 2 is 1.82 bits per heavy atom. The topological polar surface area (TPSA) is 176 Å². The number of nitrogens with one attached hydrogen (secondary N) is 1. The summed E-state index contributed by atoms with van der Waals surface area (Å²) < 4.78 is 1.63. The van der Waals surface area contributed by atoms with Crippen LogP contribution >= 0.6 is 0 Å². The Kier molecular flexibility index (Phi) is 5.17. The van der Waals surface area contributed by atoms with Gasteiger partial charge in [0.15, 0.2) is 0 Å². The normalized spacial score (nSPS) is 15.1. The number of aliphatic hydroxyl groups excluding tert-OH is 4. The summed E-state index contributed by atoms with van der Waals surface area (Å²) in [5, 5.41) is 51.6. The van der Waals surface area contributed by atoms with Crippen LogP contribution in [-0.2, 0) is 6.54 Å². The molecule has 11 nitrogen and oxygen atoms in total. The first-order valence-corrected chi connectivity index (χ1v) is 8.48. The molecule has 2 heterocycles. The van der Waals surface area contributed by atoms with E-state index in [0.29, 0.717) is 4.73 Å². The minimum Gasteiger partial charge on any atom is -0.618 e. The van der Waals surface area contributed by atoms with E-state index in [1.807, 2.05) is 4.98 Å². The maximum Gasteiger partial charge on any atom is 0.350 e. The summed E-state index contributed by atoms with van der Waals surface area (Å²) in [6.07, 6.45) is -4.89. The molecule has 3 unspecified atom stereocenters. The molecule has 0 fully saturated rings. The third kappa shape index (κ3) is 3.24. The number of nitrogens with zero attached hydrogens (tertiary/aromatic N) is 3. The Hall–Kier alpha value is -2.86. The van der Waals surface area contributed by atoms with Crippen LogP contribution in [0.5, 0.6) is 0 Å². The monoisotopic (exact) mass is 392 g/mol. The van der Waals surface area contributed by atoms with Gasteiger partial charge in [0.25, 0.3) is 0 Å². The van der Waals surface area contributed by atoms with Crippen molar-refractivity contribution in [3.8, 4) is 11.5 Å². The van der Waals surface area contributed by atoms with Gasteiger partial charge in [-0.05, 0) is 31.0 Å². The smallest absolute Gasteiger partial charge is 0.350 e. The molecule has 0 spiro atoms. The van der Waals surface area contributed by atoms with E-state index >= 15 is 0 Å². The Balaban J connectivity index is 2.35. The second kappa shape index (κ2) is 7.28. The van der Waals surface area contributed by atoms with Crippen LogP contribution in [0, 0.1) is 19.1 Å². The number of benzene rings is 1. The Morgan fingerprint density at radius 1 is 1.18 bits per heavy atom. The zero-order chi connectivity index (χ0) is 20.7. The summed E-state index contributed by atoms with van der Waals surface area (Å²) in [6.45, 7) is 2.40. The third-order valence-corrected chi connectivity index (χ3v) is 4.76. The van der Waals surface area contributed by atoms with Crippen LogP contribution < -0.4 is 16.0 Å². The van der Waals surface area contributed by atoms with Gasteiger partial charge in [0.2, 0.25) is 11.3 Å². The third-order valence-electron chi connectivity index (χ3n) is 4.76. The first-order chi connectivity index (χ1) is 13.1. The van der Waals surface area contributed by atoms with Gasteiger partial charge in [-0.15, -0.1) is 0 Å². The number of hydrogen-bond acceptors (Lipinski definition) is 8. The van der Waals surface area contributed by atoms with Crippen molar-refractivity contribution in [1.29, 1.82) is 0 Å². The van der Waals surface area contributed by atoms with E-state index in [9.17, 15) is 30.1 Å². The lowest BCUT2D eigenvalue weighted by molar-refractivity contribution is -0.566. The molecule has 0 bridgehead atoms. The van der Waals surface area contributed by atoms with Crippen LogP contribution in [0.15, 0.2) is 21.7 Å². The van der Waals surface area contributed by atoms with Gasteiger partial charge in [0, 0.05) is 6.07 Å². The lowest BCUT2D eigenvalue weighted by Gasteiger charge is -2.24. The molecule has 2 aliphatic heterocycles. The number of rotatable bonds is 5. The van der Waals surface area contributed by atoms with Gasteiger partial charge in [0.1, 0.15) is 23.8 Å². The first-order valence-electron chi connectivity index (χ1n) is 8.48. The molecule has 0 saturated heterocycles. The van der Waals surface area contributed by atoms with E-state index < -0.39 is 48.4 Å².